The van der Waals surface area contributed by atoms with Crippen molar-refractivity contribution >= 4 is 40.9 Å². The number of anilines is 1. The van der Waals surface area contributed by atoms with Crippen LogP contribution >= 0.6 is 11.6 Å². The molecule has 1 heterocycles. The van der Waals surface area contributed by atoms with Crippen molar-refractivity contribution in [3.8, 4) is 5.75 Å². The molecule has 1 aliphatic heterocycles. The first-order chi connectivity index (χ1) is 11.8. The Kier molecular flexibility index (Phi) is 5.63. The van der Waals surface area contributed by atoms with Gasteiger partial charge in [-0.15, -0.1) is 11.6 Å². The van der Waals surface area contributed by atoms with E-state index >= 15 is 0 Å². The van der Waals surface area contributed by atoms with E-state index in [0.29, 0.717) is 16.3 Å². The van der Waals surface area contributed by atoms with Crippen molar-refractivity contribution in [2.24, 2.45) is 0 Å². The molecule has 1 unspecified atom stereocenters. The Balaban J connectivity index is 2.31. The van der Waals surface area contributed by atoms with Crippen LogP contribution in [-0.4, -0.2) is 59.1 Å². The van der Waals surface area contributed by atoms with Crippen molar-refractivity contribution in [3.63, 3.8) is 0 Å². The van der Waals surface area contributed by atoms with E-state index in [1.54, 1.807) is 18.2 Å². The predicted molar refractivity (Wildman–Crippen MR) is 90.5 cm³/mol. The first-order valence-corrected chi connectivity index (χ1v) is 7.96. The zero-order chi connectivity index (χ0) is 18.7. The highest BCUT2D eigenvalue weighted by atomic mass is 35.5. The molecule has 8 nitrogen and oxygen atoms in total. The van der Waals surface area contributed by atoms with Crippen molar-refractivity contribution in [2.45, 2.75) is 19.9 Å². The van der Waals surface area contributed by atoms with Crippen LogP contribution in [0.5, 0.6) is 5.75 Å². The van der Waals surface area contributed by atoms with Gasteiger partial charge in [-0.2, -0.15) is 0 Å². The molecule has 1 atom stereocenters. The number of aryl methyl sites for hydroxylation is 1. The molecule has 1 N–H and O–H groups in total. The molecule has 2 rings (SSSR count). The number of Topliss-reactive ketones (excluding diaryl/α,β-unsaturated/α-hetero) is 1. The van der Waals surface area contributed by atoms with E-state index in [4.69, 9.17) is 16.3 Å². The molecule has 1 aromatic carbocycles. The van der Waals surface area contributed by atoms with Gasteiger partial charge in [0, 0.05) is 0 Å². The number of ketones is 1. The molecule has 1 fully saturated rings. The Morgan fingerprint density at radius 2 is 2.04 bits per heavy atom. The maximum atomic E-state index is 12.6. The number of imide groups is 1. The fraction of sp³-hybridized carbons (Fsp3) is 0.375. The van der Waals surface area contributed by atoms with Crippen LogP contribution in [0.15, 0.2) is 18.2 Å². The highest BCUT2D eigenvalue weighted by Gasteiger charge is 2.45. The standard InChI is InChI=1S/C16H18ClN3O5/c1-9-4-5-12(25-3)11(6-9)18-15(23)14(10(2)21)20-13(22)7-19(8-17)16(20)24/h4-6,14H,7-8H2,1-3H3,(H,18,23). The van der Waals surface area contributed by atoms with Crippen molar-refractivity contribution in [3.05, 3.63) is 23.8 Å². The van der Waals surface area contributed by atoms with Gasteiger partial charge in [-0.25, -0.2) is 9.69 Å². The third-order valence-electron chi connectivity index (χ3n) is 3.72. The average molecular weight is 368 g/mol. The SMILES string of the molecule is COc1ccc(C)cc1NC(=O)C(C(C)=O)N1C(=O)CN(CCl)C1=O. The number of nitrogens with zero attached hydrogens (tertiary/aromatic N) is 2. The van der Waals surface area contributed by atoms with Gasteiger partial charge in [0.05, 0.1) is 18.8 Å². The first kappa shape index (κ1) is 18.7. The third-order valence-corrected chi connectivity index (χ3v) is 4.01. The number of halogens is 1. The van der Waals surface area contributed by atoms with Gasteiger partial charge in [0.2, 0.25) is 0 Å². The van der Waals surface area contributed by atoms with Crippen LogP contribution in [0, 0.1) is 6.92 Å². The molecular weight excluding hydrogens is 350 g/mol. The Morgan fingerprint density at radius 3 is 2.56 bits per heavy atom. The van der Waals surface area contributed by atoms with Gasteiger partial charge in [-0.05, 0) is 31.5 Å². The summed E-state index contributed by atoms with van der Waals surface area (Å²) in [5, 5.41) is 2.55. The zero-order valence-electron chi connectivity index (χ0n) is 14.0. The Labute approximate surface area is 149 Å². The van der Waals surface area contributed by atoms with E-state index in [9.17, 15) is 19.2 Å². The van der Waals surface area contributed by atoms with Gasteiger partial charge in [0.1, 0.15) is 12.3 Å². The lowest BCUT2D eigenvalue weighted by atomic mass is 10.1. The highest BCUT2D eigenvalue weighted by Crippen LogP contribution is 2.26. The number of ether oxygens (including phenoxy) is 1. The normalized spacial score (nSPS) is 15.4. The highest BCUT2D eigenvalue weighted by molar-refractivity contribution is 6.21. The second kappa shape index (κ2) is 7.52. The van der Waals surface area contributed by atoms with E-state index in [0.717, 1.165) is 17.4 Å². The smallest absolute Gasteiger partial charge is 0.329 e. The fourth-order valence-electron chi connectivity index (χ4n) is 2.52. The second-order valence-electron chi connectivity index (χ2n) is 5.57. The molecule has 0 bridgehead atoms. The number of alkyl halides is 1. The van der Waals surface area contributed by atoms with Crippen molar-refractivity contribution in [1.29, 1.82) is 0 Å². The molecule has 0 radical (unpaired) electrons. The minimum absolute atomic E-state index is 0.209. The molecule has 25 heavy (non-hydrogen) atoms. The summed E-state index contributed by atoms with van der Waals surface area (Å²) in [6, 6.07) is 2.56. The molecule has 1 saturated heterocycles. The molecule has 4 amide bonds. The van der Waals surface area contributed by atoms with Gasteiger partial charge < -0.3 is 15.0 Å². The van der Waals surface area contributed by atoms with E-state index in [2.05, 4.69) is 5.32 Å². The molecule has 9 heteroatoms. The number of carbonyl (C=O) groups excluding carboxylic acids is 4. The molecule has 0 aliphatic carbocycles. The van der Waals surface area contributed by atoms with Crippen LogP contribution in [0.25, 0.3) is 0 Å². The number of urea groups is 1. The molecule has 1 aromatic rings. The number of hydrogen-bond donors (Lipinski definition) is 1. The Hall–Kier alpha value is -2.61. The van der Waals surface area contributed by atoms with Gasteiger partial charge in [0.25, 0.3) is 11.8 Å². The van der Waals surface area contributed by atoms with E-state index in [-0.39, 0.29) is 12.5 Å². The quantitative estimate of drug-likeness (QED) is 0.354. The number of benzene rings is 1. The average Bonchev–Trinajstić information content (AvgIpc) is 2.83. The summed E-state index contributed by atoms with van der Waals surface area (Å²) in [7, 11) is 1.44. The number of amides is 4. The molecule has 0 aromatic heterocycles. The van der Waals surface area contributed by atoms with Crippen LogP contribution < -0.4 is 10.1 Å². The lowest BCUT2D eigenvalue weighted by Crippen LogP contribution is -2.51. The van der Waals surface area contributed by atoms with E-state index < -0.39 is 29.7 Å². The minimum Gasteiger partial charge on any atom is -0.495 e. The maximum absolute atomic E-state index is 12.6. The van der Waals surface area contributed by atoms with Crippen LogP contribution in [0.1, 0.15) is 12.5 Å². The molecule has 134 valence electrons. The maximum Gasteiger partial charge on any atom is 0.329 e. The van der Waals surface area contributed by atoms with Crippen LogP contribution in [0.2, 0.25) is 0 Å². The van der Waals surface area contributed by atoms with E-state index in [1.807, 2.05) is 6.92 Å². The predicted octanol–water partition coefficient (Wildman–Crippen LogP) is 1.36. The number of hydrogen-bond acceptors (Lipinski definition) is 5. The van der Waals surface area contributed by atoms with Crippen molar-refractivity contribution in [2.75, 3.05) is 25.0 Å². The molecule has 1 aliphatic rings. The van der Waals surface area contributed by atoms with Gasteiger partial charge >= 0.3 is 6.03 Å². The summed E-state index contributed by atoms with van der Waals surface area (Å²) < 4.78 is 5.17. The van der Waals surface area contributed by atoms with Gasteiger partial charge in [0.15, 0.2) is 11.8 Å². The van der Waals surface area contributed by atoms with Crippen molar-refractivity contribution in [1.82, 2.24) is 9.80 Å². The van der Waals surface area contributed by atoms with Crippen LogP contribution in [0.4, 0.5) is 10.5 Å². The molecule has 0 saturated carbocycles. The second-order valence-corrected chi connectivity index (χ2v) is 5.81. The lowest BCUT2D eigenvalue weighted by molar-refractivity contribution is -0.138. The summed E-state index contributed by atoms with van der Waals surface area (Å²) >= 11 is 5.61. The minimum atomic E-state index is -1.57. The van der Waals surface area contributed by atoms with Crippen molar-refractivity contribution < 1.29 is 23.9 Å². The number of carbonyl (C=O) groups is 4. The first-order valence-electron chi connectivity index (χ1n) is 7.43. The van der Waals surface area contributed by atoms with Crippen LogP contribution in [-0.2, 0) is 14.4 Å². The van der Waals surface area contributed by atoms with Gasteiger partial charge in [-0.3, -0.25) is 14.4 Å². The monoisotopic (exact) mass is 367 g/mol. The summed E-state index contributed by atoms with van der Waals surface area (Å²) in [5.74, 6) is -1.70. The van der Waals surface area contributed by atoms with E-state index in [1.165, 1.54) is 7.11 Å². The number of methoxy groups -OCH3 is 1. The molecular formula is C16H18ClN3O5. The lowest BCUT2D eigenvalue weighted by Gasteiger charge is -2.23. The largest absolute Gasteiger partial charge is 0.495 e. The summed E-state index contributed by atoms with van der Waals surface area (Å²) in [4.78, 5) is 50.6. The summed E-state index contributed by atoms with van der Waals surface area (Å²) in [6.07, 6.45) is 0. The summed E-state index contributed by atoms with van der Waals surface area (Å²) in [5.41, 5.74) is 1.20. The Morgan fingerprint density at radius 1 is 1.36 bits per heavy atom. The fourth-order valence-corrected chi connectivity index (χ4v) is 2.70. The topological polar surface area (TPSA) is 96.0 Å². The zero-order valence-corrected chi connectivity index (χ0v) is 14.8. The number of rotatable bonds is 6. The van der Waals surface area contributed by atoms with Gasteiger partial charge in [-0.1, -0.05) is 6.07 Å². The Bertz CT molecular complexity index is 736. The van der Waals surface area contributed by atoms with Crippen LogP contribution in [0.3, 0.4) is 0 Å². The molecule has 0 spiro atoms. The third kappa shape index (κ3) is 3.74. The number of nitrogens with one attached hydrogen (secondary N) is 1. The summed E-state index contributed by atoms with van der Waals surface area (Å²) in [6.45, 7) is 2.69.